The van der Waals surface area contributed by atoms with Gasteiger partial charge in [-0.2, -0.15) is 0 Å². The number of methoxy groups -OCH3 is 1. The number of rotatable bonds is 4. The Morgan fingerprint density at radius 2 is 1.47 bits per heavy atom. The van der Waals surface area contributed by atoms with Crippen molar-refractivity contribution < 1.29 is 13.2 Å². The average molecular weight is 417 g/mol. The van der Waals surface area contributed by atoms with Crippen LogP contribution in [0.25, 0.3) is 27.5 Å². The molecule has 0 aliphatic heterocycles. The minimum Gasteiger partial charge on any atom is -0.497 e. The van der Waals surface area contributed by atoms with Crippen LogP contribution in [-0.4, -0.2) is 24.1 Å². The van der Waals surface area contributed by atoms with Crippen molar-refractivity contribution in [2.45, 2.75) is 11.8 Å². The monoisotopic (exact) mass is 416 g/mol. The number of hydrogen-bond donors (Lipinski definition) is 0. The van der Waals surface area contributed by atoms with Gasteiger partial charge >= 0.3 is 0 Å². The van der Waals surface area contributed by atoms with Gasteiger partial charge in [-0.3, -0.25) is 0 Å². The van der Waals surface area contributed by atoms with Gasteiger partial charge in [0.2, 0.25) is 0 Å². The summed E-state index contributed by atoms with van der Waals surface area (Å²) in [6, 6.07) is 23.9. The van der Waals surface area contributed by atoms with Crippen LogP contribution in [0, 0.1) is 6.92 Å². The molecular formula is C24H20N2O3S. The zero-order chi connectivity index (χ0) is 20.9. The second kappa shape index (κ2) is 6.78. The van der Waals surface area contributed by atoms with E-state index in [-0.39, 0.29) is 4.90 Å². The topological polar surface area (TPSA) is 53.2 Å². The summed E-state index contributed by atoms with van der Waals surface area (Å²) in [6.07, 6.45) is 1.90. The standard InChI is InChI=1S/C24H20N2O3S/c1-17-24-21-10-6-7-11-22(21)26(30(27,28)20-8-4-3-5-9-20)23(24)16-25(17)18-12-14-19(29-2)15-13-18/h3-16H,1-2H3. The molecule has 5 aromatic rings. The maximum Gasteiger partial charge on any atom is 0.268 e. The molecule has 0 aliphatic carbocycles. The first kappa shape index (κ1) is 18.5. The van der Waals surface area contributed by atoms with E-state index in [2.05, 4.69) is 0 Å². The number of para-hydroxylation sites is 1. The largest absolute Gasteiger partial charge is 0.497 e. The lowest BCUT2D eigenvalue weighted by Crippen LogP contribution is -2.12. The van der Waals surface area contributed by atoms with Crippen LogP contribution in [0.15, 0.2) is 90.0 Å². The van der Waals surface area contributed by atoms with Crippen molar-refractivity contribution in [2.24, 2.45) is 0 Å². The SMILES string of the molecule is COc1ccc(-n2cc3c(c2C)c2ccccc2n3S(=O)(=O)c2ccccc2)cc1. The van der Waals surface area contributed by atoms with E-state index in [0.29, 0.717) is 11.0 Å². The van der Waals surface area contributed by atoms with Gasteiger partial charge in [-0.25, -0.2) is 12.4 Å². The van der Waals surface area contributed by atoms with Crippen LogP contribution in [0.3, 0.4) is 0 Å². The number of aromatic nitrogens is 2. The smallest absolute Gasteiger partial charge is 0.268 e. The highest BCUT2D eigenvalue weighted by molar-refractivity contribution is 7.90. The lowest BCUT2D eigenvalue weighted by molar-refractivity contribution is 0.414. The number of nitrogens with zero attached hydrogens (tertiary/aromatic N) is 2. The van der Waals surface area contributed by atoms with E-state index < -0.39 is 10.0 Å². The Kier molecular flexibility index (Phi) is 4.18. The van der Waals surface area contributed by atoms with E-state index in [1.54, 1.807) is 31.4 Å². The van der Waals surface area contributed by atoms with Crippen LogP contribution < -0.4 is 4.74 Å². The van der Waals surface area contributed by atoms with Crippen molar-refractivity contribution in [3.63, 3.8) is 0 Å². The summed E-state index contributed by atoms with van der Waals surface area (Å²) in [6.45, 7) is 2.01. The van der Waals surface area contributed by atoms with Gasteiger partial charge in [-0.15, -0.1) is 0 Å². The number of fused-ring (bicyclic) bond motifs is 3. The van der Waals surface area contributed by atoms with Gasteiger partial charge in [0, 0.05) is 28.4 Å². The Bertz CT molecular complexity index is 1480. The molecule has 0 amide bonds. The quantitative estimate of drug-likeness (QED) is 0.408. The summed E-state index contributed by atoms with van der Waals surface area (Å²) in [5.41, 5.74) is 3.26. The van der Waals surface area contributed by atoms with E-state index in [4.69, 9.17) is 4.74 Å². The molecule has 0 atom stereocenters. The molecule has 2 heterocycles. The highest BCUT2D eigenvalue weighted by Crippen LogP contribution is 2.36. The van der Waals surface area contributed by atoms with E-state index in [0.717, 1.165) is 27.9 Å². The highest BCUT2D eigenvalue weighted by atomic mass is 32.2. The van der Waals surface area contributed by atoms with Gasteiger partial charge < -0.3 is 9.30 Å². The third-order valence-electron chi connectivity index (χ3n) is 5.47. The molecule has 0 aliphatic rings. The number of hydrogen-bond acceptors (Lipinski definition) is 3. The molecular weight excluding hydrogens is 396 g/mol. The molecule has 0 radical (unpaired) electrons. The summed E-state index contributed by atoms with van der Waals surface area (Å²) in [7, 11) is -2.13. The van der Waals surface area contributed by atoms with E-state index >= 15 is 0 Å². The van der Waals surface area contributed by atoms with Crippen LogP contribution >= 0.6 is 0 Å². The van der Waals surface area contributed by atoms with Crippen molar-refractivity contribution in [2.75, 3.05) is 7.11 Å². The molecule has 0 saturated heterocycles. The fourth-order valence-corrected chi connectivity index (χ4v) is 5.56. The van der Waals surface area contributed by atoms with E-state index in [9.17, 15) is 8.42 Å². The second-order valence-electron chi connectivity index (χ2n) is 7.14. The van der Waals surface area contributed by atoms with Gasteiger partial charge in [0.25, 0.3) is 10.0 Å². The van der Waals surface area contributed by atoms with Crippen molar-refractivity contribution in [1.82, 2.24) is 8.54 Å². The zero-order valence-electron chi connectivity index (χ0n) is 16.6. The lowest BCUT2D eigenvalue weighted by Gasteiger charge is -2.10. The molecule has 150 valence electrons. The van der Waals surface area contributed by atoms with Crippen molar-refractivity contribution in [1.29, 1.82) is 0 Å². The minimum absolute atomic E-state index is 0.266. The summed E-state index contributed by atoms with van der Waals surface area (Å²) in [5.74, 6) is 0.773. The fraction of sp³-hybridized carbons (Fsp3) is 0.0833. The summed E-state index contributed by atoms with van der Waals surface area (Å²) in [5, 5.41) is 1.85. The lowest BCUT2D eigenvalue weighted by atomic mass is 10.2. The van der Waals surface area contributed by atoms with Crippen LogP contribution in [0.4, 0.5) is 0 Å². The predicted molar refractivity (Wildman–Crippen MR) is 119 cm³/mol. The molecule has 0 unspecified atom stereocenters. The molecule has 5 rings (SSSR count). The molecule has 5 nitrogen and oxygen atoms in total. The molecule has 0 N–H and O–H groups in total. The Balaban J connectivity index is 1.84. The van der Waals surface area contributed by atoms with Crippen molar-refractivity contribution in [3.05, 3.63) is 90.8 Å². The normalized spacial score (nSPS) is 11.9. The molecule has 0 fully saturated rings. The van der Waals surface area contributed by atoms with Crippen LogP contribution in [0.1, 0.15) is 5.69 Å². The van der Waals surface area contributed by atoms with Crippen molar-refractivity contribution in [3.8, 4) is 11.4 Å². The number of ether oxygens (including phenoxy) is 1. The third-order valence-corrected chi connectivity index (χ3v) is 7.22. The van der Waals surface area contributed by atoms with Crippen LogP contribution in [0.2, 0.25) is 0 Å². The summed E-state index contributed by atoms with van der Waals surface area (Å²) < 4.78 is 35.9. The average Bonchev–Trinajstić information content (AvgIpc) is 3.29. The molecule has 6 heteroatoms. The molecule has 3 aromatic carbocycles. The summed E-state index contributed by atoms with van der Waals surface area (Å²) >= 11 is 0. The fourth-order valence-electron chi connectivity index (χ4n) is 4.04. The minimum atomic E-state index is -3.76. The van der Waals surface area contributed by atoms with Gasteiger partial charge in [-0.1, -0.05) is 36.4 Å². The number of aryl methyl sites for hydroxylation is 1. The van der Waals surface area contributed by atoms with Gasteiger partial charge in [0.1, 0.15) is 5.75 Å². The van der Waals surface area contributed by atoms with Crippen LogP contribution in [0.5, 0.6) is 5.75 Å². The molecule has 30 heavy (non-hydrogen) atoms. The molecule has 0 saturated carbocycles. The first-order valence-electron chi connectivity index (χ1n) is 9.58. The maximum absolute atomic E-state index is 13.6. The van der Waals surface area contributed by atoms with Crippen LogP contribution in [-0.2, 0) is 10.0 Å². The Morgan fingerprint density at radius 3 is 2.17 bits per heavy atom. The molecule has 0 spiro atoms. The third kappa shape index (κ3) is 2.64. The second-order valence-corrected chi connectivity index (χ2v) is 8.93. The first-order chi connectivity index (χ1) is 14.5. The van der Waals surface area contributed by atoms with Gasteiger partial charge in [0.15, 0.2) is 0 Å². The Hall–Kier alpha value is -3.51. The van der Waals surface area contributed by atoms with E-state index in [1.165, 1.54) is 3.97 Å². The zero-order valence-corrected chi connectivity index (χ0v) is 17.4. The Labute approximate surface area is 174 Å². The predicted octanol–water partition coefficient (Wildman–Crippen LogP) is 5.14. The summed E-state index contributed by atoms with van der Waals surface area (Å²) in [4.78, 5) is 0.266. The van der Waals surface area contributed by atoms with Gasteiger partial charge in [-0.05, 0) is 49.4 Å². The molecule has 2 aromatic heterocycles. The molecule has 0 bridgehead atoms. The first-order valence-corrected chi connectivity index (χ1v) is 11.0. The maximum atomic E-state index is 13.6. The van der Waals surface area contributed by atoms with Crippen molar-refractivity contribution >= 4 is 31.8 Å². The van der Waals surface area contributed by atoms with E-state index in [1.807, 2.05) is 72.3 Å². The highest BCUT2D eigenvalue weighted by Gasteiger charge is 2.25. The van der Waals surface area contributed by atoms with Gasteiger partial charge in [0.05, 0.1) is 23.0 Å². The number of benzene rings is 3. The Morgan fingerprint density at radius 1 is 0.800 bits per heavy atom.